The highest BCUT2D eigenvalue weighted by atomic mass is 16.1. The average Bonchev–Trinajstić information content (AvgIpc) is 2.10. The van der Waals surface area contributed by atoms with Crippen molar-refractivity contribution in [3.8, 4) is 0 Å². The molecule has 0 saturated carbocycles. The van der Waals surface area contributed by atoms with E-state index in [1.807, 2.05) is 26.0 Å². The van der Waals surface area contributed by atoms with Gasteiger partial charge in [-0.3, -0.25) is 4.79 Å². The molecule has 64 valence electrons. The van der Waals surface area contributed by atoms with Crippen LogP contribution in [0.2, 0.25) is 0 Å². The zero-order chi connectivity index (χ0) is 7.82. The van der Waals surface area contributed by atoms with E-state index in [0.717, 1.165) is 12.8 Å². The summed E-state index contributed by atoms with van der Waals surface area (Å²) in [5.74, 6) is 0. The lowest BCUT2D eigenvalue weighted by molar-refractivity contribution is -0.105. The van der Waals surface area contributed by atoms with Gasteiger partial charge in [0.1, 0.15) is 0 Å². The molecular weight excluding hydrogens is 138 g/mol. The van der Waals surface area contributed by atoms with Crippen LogP contribution in [-0.4, -0.2) is 12.8 Å². The van der Waals surface area contributed by atoms with E-state index < -0.39 is 0 Å². The van der Waals surface area contributed by atoms with E-state index in [4.69, 9.17) is 0 Å². The summed E-state index contributed by atoms with van der Waals surface area (Å²) in [6.45, 7) is 4.77. The van der Waals surface area contributed by atoms with Crippen LogP contribution in [0.5, 0.6) is 0 Å². The van der Waals surface area contributed by atoms with Crippen molar-refractivity contribution in [3.63, 3.8) is 0 Å². The summed E-state index contributed by atoms with van der Waals surface area (Å²) in [6.07, 6.45) is 6.37. The highest BCUT2D eigenvalue weighted by Gasteiger charge is 1.91. The van der Waals surface area contributed by atoms with Crippen LogP contribution >= 0.6 is 0 Å². The molecule has 1 aliphatic rings. The quantitative estimate of drug-likeness (QED) is 0.586. The van der Waals surface area contributed by atoms with Gasteiger partial charge in [-0.2, -0.15) is 0 Å². The third kappa shape index (κ3) is 5.40. The van der Waals surface area contributed by atoms with Crippen LogP contribution in [0, 0.1) is 0 Å². The van der Waals surface area contributed by atoms with Crippen molar-refractivity contribution in [2.45, 2.75) is 21.3 Å². The van der Waals surface area contributed by atoms with Crippen molar-refractivity contribution in [1.82, 2.24) is 5.32 Å². The first-order chi connectivity index (χ1) is 4.93. The van der Waals surface area contributed by atoms with E-state index in [9.17, 15) is 4.79 Å². The summed E-state index contributed by atoms with van der Waals surface area (Å²) in [5, 5.41) is 2.88. The number of dihydropyridines is 1. The number of nitrogens with one attached hydrogen (secondary N) is 1. The second-order valence-electron chi connectivity index (χ2n) is 1.55. The maximum Gasteiger partial charge on any atom is 0.165 e. The van der Waals surface area contributed by atoms with Crippen molar-refractivity contribution >= 4 is 6.29 Å². The van der Waals surface area contributed by atoms with Crippen molar-refractivity contribution in [3.05, 3.63) is 23.9 Å². The molecule has 2 heteroatoms. The molecule has 0 aromatic rings. The number of carbonyl (C=O) groups excluding carboxylic acids is 1. The van der Waals surface area contributed by atoms with Crippen LogP contribution in [0.25, 0.3) is 0 Å². The van der Waals surface area contributed by atoms with Gasteiger partial charge in [-0.25, -0.2) is 0 Å². The van der Waals surface area contributed by atoms with Crippen molar-refractivity contribution in [1.29, 1.82) is 0 Å². The molecule has 0 spiro atoms. The van der Waals surface area contributed by atoms with E-state index >= 15 is 0 Å². The smallest absolute Gasteiger partial charge is 0.165 e. The Morgan fingerprint density at radius 1 is 1.55 bits per heavy atom. The molecule has 0 aliphatic carbocycles. The molecule has 0 radical (unpaired) electrons. The largest absolute Gasteiger partial charge is 0.379 e. The Labute approximate surface area is 69.0 Å². The van der Waals surface area contributed by atoms with Crippen LogP contribution in [0.3, 0.4) is 0 Å². The first-order valence-electron chi connectivity index (χ1n) is 3.49. The normalized spacial score (nSPS) is 12.7. The van der Waals surface area contributed by atoms with Crippen LogP contribution < -0.4 is 5.32 Å². The number of hydrogen-bond donors (Lipinski definition) is 1. The van der Waals surface area contributed by atoms with Crippen LogP contribution in [-0.2, 0) is 4.79 Å². The minimum atomic E-state index is 0. The fourth-order valence-corrected chi connectivity index (χ4v) is 0.556. The first kappa shape index (κ1) is 12.6. The van der Waals surface area contributed by atoms with Crippen LogP contribution in [0.4, 0.5) is 0 Å². The third-order valence-electron chi connectivity index (χ3n) is 0.963. The molecule has 0 aromatic carbocycles. The minimum Gasteiger partial charge on any atom is -0.379 e. The summed E-state index contributed by atoms with van der Waals surface area (Å²) < 4.78 is 0. The van der Waals surface area contributed by atoms with Gasteiger partial charge in [0.15, 0.2) is 6.29 Å². The summed E-state index contributed by atoms with van der Waals surface area (Å²) >= 11 is 0. The van der Waals surface area contributed by atoms with Gasteiger partial charge in [0, 0.05) is 6.54 Å². The number of rotatable bonds is 1. The Kier molecular flexibility index (Phi) is 10.3. The fraction of sp³-hybridized carbons (Fsp3) is 0.444. The molecule has 2 nitrogen and oxygen atoms in total. The molecule has 1 aliphatic heterocycles. The molecule has 1 rings (SSSR count). The van der Waals surface area contributed by atoms with Gasteiger partial charge in [-0.1, -0.05) is 33.4 Å². The molecule has 1 N–H and O–H groups in total. The van der Waals surface area contributed by atoms with Crippen molar-refractivity contribution in [2.24, 2.45) is 0 Å². The topological polar surface area (TPSA) is 29.1 Å². The average molecular weight is 155 g/mol. The molecule has 1 heterocycles. The fourth-order valence-electron chi connectivity index (χ4n) is 0.556. The highest BCUT2D eigenvalue weighted by Crippen LogP contribution is 1.89. The van der Waals surface area contributed by atoms with E-state index in [-0.39, 0.29) is 7.43 Å². The third-order valence-corrected chi connectivity index (χ3v) is 0.963. The Morgan fingerprint density at radius 3 is 2.45 bits per heavy atom. The van der Waals surface area contributed by atoms with Gasteiger partial charge in [0.25, 0.3) is 0 Å². The predicted octanol–water partition coefficient (Wildman–Crippen LogP) is 1.89. The monoisotopic (exact) mass is 155 g/mol. The number of aldehydes is 1. The number of hydrogen-bond acceptors (Lipinski definition) is 2. The Morgan fingerprint density at radius 2 is 2.18 bits per heavy atom. The van der Waals surface area contributed by atoms with E-state index in [1.54, 1.807) is 6.08 Å². The molecule has 0 aromatic heterocycles. The molecule has 0 atom stereocenters. The summed E-state index contributed by atoms with van der Waals surface area (Å²) in [5.41, 5.74) is 0.660. The second kappa shape index (κ2) is 8.95. The highest BCUT2D eigenvalue weighted by molar-refractivity contribution is 5.73. The summed E-state index contributed by atoms with van der Waals surface area (Å²) in [6, 6.07) is 0. The number of carbonyl (C=O) groups is 1. The Bertz CT molecular complexity index is 148. The molecular formula is C9H17NO. The maximum absolute atomic E-state index is 10.00. The zero-order valence-electron chi connectivity index (χ0n) is 6.42. The van der Waals surface area contributed by atoms with Crippen LogP contribution in [0.15, 0.2) is 23.9 Å². The van der Waals surface area contributed by atoms with E-state index in [1.165, 1.54) is 0 Å². The zero-order valence-corrected chi connectivity index (χ0v) is 6.42. The molecule has 0 amide bonds. The predicted molar refractivity (Wildman–Crippen MR) is 49.4 cm³/mol. The Balaban J connectivity index is 0. The molecule has 0 bridgehead atoms. The van der Waals surface area contributed by atoms with Crippen LogP contribution in [0.1, 0.15) is 21.3 Å². The molecule has 0 unspecified atom stereocenters. The molecule has 0 saturated heterocycles. The standard InChI is InChI=1S/C6H7NO.C2H6.CH4/c8-5-6-3-1-2-4-7-6;1-2;/h1-3,5,7H,4H2;1-2H3;1H4. The van der Waals surface area contributed by atoms with Crippen molar-refractivity contribution < 1.29 is 4.79 Å². The molecule has 11 heavy (non-hydrogen) atoms. The lowest BCUT2D eigenvalue weighted by Gasteiger charge is -2.02. The van der Waals surface area contributed by atoms with Gasteiger partial charge in [-0.15, -0.1) is 0 Å². The van der Waals surface area contributed by atoms with Gasteiger partial charge in [-0.05, 0) is 6.08 Å². The second-order valence-corrected chi connectivity index (χ2v) is 1.55. The lowest BCUT2D eigenvalue weighted by Crippen LogP contribution is -2.15. The Hall–Kier alpha value is -1.05. The van der Waals surface area contributed by atoms with Gasteiger partial charge >= 0.3 is 0 Å². The number of allylic oxidation sites excluding steroid dienone is 3. The van der Waals surface area contributed by atoms with Gasteiger partial charge in [0.2, 0.25) is 0 Å². The summed E-state index contributed by atoms with van der Waals surface area (Å²) in [4.78, 5) is 10.00. The SMILES string of the molecule is C.CC.O=CC1=CC=CCN1. The molecule has 0 fully saturated rings. The van der Waals surface area contributed by atoms with Gasteiger partial charge in [0.05, 0.1) is 5.70 Å². The van der Waals surface area contributed by atoms with E-state index in [0.29, 0.717) is 5.70 Å². The van der Waals surface area contributed by atoms with Gasteiger partial charge < -0.3 is 5.32 Å². The maximum atomic E-state index is 10.00. The summed E-state index contributed by atoms with van der Waals surface area (Å²) in [7, 11) is 0. The van der Waals surface area contributed by atoms with E-state index in [2.05, 4.69) is 5.32 Å². The van der Waals surface area contributed by atoms with Crippen molar-refractivity contribution in [2.75, 3.05) is 6.54 Å². The lowest BCUT2D eigenvalue weighted by atomic mass is 10.3. The first-order valence-corrected chi connectivity index (χ1v) is 3.49. The minimum absolute atomic E-state index is 0.